The second kappa shape index (κ2) is 12.0. The molecule has 0 saturated heterocycles. The number of nitrogens with one attached hydrogen (secondary N) is 3. The smallest absolute Gasteiger partial charge is 0.243 e. The van der Waals surface area contributed by atoms with Crippen LogP contribution in [-0.4, -0.2) is 39.9 Å². The van der Waals surface area contributed by atoms with Gasteiger partial charge in [-0.15, -0.1) is 0 Å². The summed E-state index contributed by atoms with van der Waals surface area (Å²) in [5.74, 6) is 0.899. The molecule has 3 aromatic rings. The Labute approximate surface area is 204 Å². The van der Waals surface area contributed by atoms with E-state index >= 15 is 0 Å². The van der Waals surface area contributed by atoms with Crippen LogP contribution in [0.15, 0.2) is 77.7 Å². The minimum atomic E-state index is -3.82. The quantitative estimate of drug-likeness (QED) is 0.374. The van der Waals surface area contributed by atoms with Crippen molar-refractivity contribution in [3.05, 3.63) is 78.4 Å². The molecule has 0 fully saturated rings. The molecule has 9 nitrogen and oxygen atoms in total. The molecule has 0 heterocycles. The lowest BCUT2D eigenvalue weighted by atomic mass is 10.2. The summed E-state index contributed by atoms with van der Waals surface area (Å²) >= 11 is 0. The second-order valence-electron chi connectivity index (χ2n) is 7.49. The maximum absolute atomic E-state index is 12.2. The zero-order chi connectivity index (χ0) is 25.3. The van der Waals surface area contributed by atoms with Crippen molar-refractivity contribution in [2.75, 3.05) is 25.0 Å². The lowest BCUT2D eigenvalue weighted by Gasteiger charge is -2.10. The molecule has 0 bridgehead atoms. The first-order valence-electron chi connectivity index (χ1n) is 10.9. The molecule has 3 aromatic carbocycles. The lowest BCUT2D eigenvalue weighted by Crippen LogP contribution is -2.40. The largest absolute Gasteiger partial charge is 0.494 e. The number of benzene rings is 3. The van der Waals surface area contributed by atoms with Crippen LogP contribution in [0.4, 0.5) is 5.69 Å². The van der Waals surface area contributed by atoms with Gasteiger partial charge in [0.1, 0.15) is 17.2 Å². The first-order chi connectivity index (χ1) is 16.7. The van der Waals surface area contributed by atoms with Gasteiger partial charge in [-0.25, -0.2) is 13.1 Å². The van der Waals surface area contributed by atoms with Crippen LogP contribution in [0.3, 0.4) is 0 Å². The second-order valence-corrected chi connectivity index (χ2v) is 9.26. The zero-order valence-corrected chi connectivity index (χ0v) is 20.2. The topological polar surface area (TPSA) is 123 Å². The van der Waals surface area contributed by atoms with Crippen LogP contribution in [0, 0.1) is 6.92 Å². The average Bonchev–Trinajstić information content (AvgIpc) is 2.84. The molecule has 3 N–H and O–H groups in total. The minimum Gasteiger partial charge on any atom is -0.494 e. The van der Waals surface area contributed by atoms with E-state index in [1.54, 1.807) is 48.5 Å². The predicted octanol–water partition coefficient (Wildman–Crippen LogP) is 3.22. The molecule has 0 spiro atoms. The molecule has 10 heteroatoms. The SMILES string of the molecule is CCOc1ccc(Oc2ccc(NC(=O)CNC(=O)CNS(=O)(=O)c3ccc(C)cc3)cc2)cc1. The van der Waals surface area contributed by atoms with Gasteiger partial charge >= 0.3 is 0 Å². The van der Waals surface area contributed by atoms with Gasteiger partial charge in [-0.05, 0) is 74.5 Å². The highest BCUT2D eigenvalue weighted by Gasteiger charge is 2.15. The van der Waals surface area contributed by atoms with Gasteiger partial charge in [0.25, 0.3) is 0 Å². The summed E-state index contributed by atoms with van der Waals surface area (Å²) in [6.07, 6.45) is 0. The summed E-state index contributed by atoms with van der Waals surface area (Å²) < 4.78 is 37.8. The van der Waals surface area contributed by atoms with Gasteiger partial charge in [-0.1, -0.05) is 17.7 Å². The first-order valence-corrected chi connectivity index (χ1v) is 12.4. The van der Waals surface area contributed by atoms with Gasteiger partial charge in [0.15, 0.2) is 0 Å². The zero-order valence-electron chi connectivity index (χ0n) is 19.4. The molecule has 0 radical (unpaired) electrons. The number of ether oxygens (including phenoxy) is 2. The van der Waals surface area contributed by atoms with Crippen LogP contribution < -0.4 is 24.8 Å². The maximum Gasteiger partial charge on any atom is 0.243 e. The number of anilines is 1. The third-order valence-corrected chi connectivity index (χ3v) is 6.13. The Morgan fingerprint density at radius 1 is 0.771 bits per heavy atom. The Hall–Kier alpha value is -3.89. The van der Waals surface area contributed by atoms with Gasteiger partial charge in [0, 0.05) is 5.69 Å². The van der Waals surface area contributed by atoms with E-state index in [4.69, 9.17) is 9.47 Å². The first kappa shape index (κ1) is 25.7. The molecule has 0 aliphatic carbocycles. The van der Waals surface area contributed by atoms with E-state index in [0.717, 1.165) is 11.3 Å². The van der Waals surface area contributed by atoms with Gasteiger partial charge in [-0.2, -0.15) is 0 Å². The fourth-order valence-electron chi connectivity index (χ4n) is 2.92. The third-order valence-electron chi connectivity index (χ3n) is 4.71. The number of hydrogen-bond donors (Lipinski definition) is 3. The summed E-state index contributed by atoms with van der Waals surface area (Å²) in [7, 11) is -3.82. The molecular formula is C25H27N3O6S. The van der Waals surface area contributed by atoms with E-state index in [2.05, 4.69) is 15.4 Å². The molecular weight excluding hydrogens is 470 g/mol. The van der Waals surface area contributed by atoms with Crippen molar-refractivity contribution >= 4 is 27.5 Å². The Kier molecular flexibility index (Phi) is 8.82. The maximum atomic E-state index is 12.2. The molecule has 0 aliphatic rings. The number of amides is 2. The number of hydrogen-bond acceptors (Lipinski definition) is 6. The summed E-state index contributed by atoms with van der Waals surface area (Å²) in [5, 5.41) is 5.03. The molecule has 184 valence electrons. The van der Waals surface area contributed by atoms with Crippen LogP contribution in [-0.2, 0) is 19.6 Å². The average molecular weight is 498 g/mol. The summed E-state index contributed by atoms with van der Waals surface area (Å²) in [6, 6.07) is 20.2. The molecule has 2 amide bonds. The van der Waals surface area contributed by atoms with E-state index in [1.165, 1.54) is 12.1 Å². The lowest BCUT2D eigenvalue weighted by molar-refractivity contribution is -0.123. The van der Waals surface area contributed by atoms with Gasteiger partial charge in [0.2, 0.25) is 21.8 Å². The number of sulfonamides is 1. The number of rotatable bonds is 11. The summed E-state index contributed by atoms with van der Waals surface area (Å²) in [4.78, 5) is 24.1. The number of carbonyl (C=O) groups excluding carboxylic acids is 2. The van der Waals surface area contributed by atoms with E-state index in [9.17, 15) is 18.0 Å². The molecule has 0 aromatic heterocycles. The van der Waals surface area contributed by atoms with Crippen molar-refractivity contribution in [3.63, 3.8) is 0 Å². The van der Waals surface area contributed by atoms with Gasteiger partial charge < -0.3 is 20.1 Å². The van der Waals surface area contributed by atoms with E-state index < -0.39 is 28.4 Å². The van der Waals surface area contributed by atoms with E-state index in [1.807, 2.05) is 26.0 Å². The van der Waals surface area contributed by atoms with Crippen LogP contribution in [0.2, 0.25) is 0 Å². The number of carbonyl (C=O) groups is 2. The van der Waals surface area contributed by atoms with Crippen LogP contribution >= 0.6 is 0 Å². The van der Waals surface area contributed by atoms with Crippen molar-refractivity contribution in [3.8, 4) is 17.2 Å². The highest BCUT2D eigenvalue weighted by Crippen LogP contribution is 2.25. The van der Waals surface area contributed by atoms with Gasteiger partial charge in [-0.3, -0.25) is 9.59 Å². The Morgan fingerprint density at radius 3 is 1.94 bits per heavy atom. The minimum absolute atomic E-state index is 0.0589. The molecule has 0 unspecified atom stereocenters. The predicted molar refractivity (Wildman–Crippen MR) is 132 cm³/mol. The molecule has 3 rings (SSSR count). The third kappa shape index (κ3) is 8.13. The molecule has 0 atom stereocenters. The summed E-state index contributed by atoms with van der Waals surface area (Å²) in [5.41, 5.74) is 1.44. The Morgan fingerprint density at radius 2 is 1.34 bits per heavy atom. The summed E-state index contributed by atoms with van der Waals surface area (Å²) in [6.45, 7) is 3.55. The highest BCUT2D eigenvalue weighted by atomic mass is 32.2. The monoisotopic (exact) mass is 497 g/mol. The fraction of sp³-hybridized carbons (Fsp3) is 0.200. The van der Waals surface area contributed by atoms with E-state index in [-0.39, 0.29) is 11.4 Å². The normalized spacial score (nSPS) is 10.9. The van der Waals surface area contributed by atoms with Gasteiger partial charge in [0.05, 0.1) is 24.6 Å². The van der Waals surface area contributed by atoms with E-state index in [0.29, 0.717) is 23.8 Å². The van der Waals surface area contributed by atoms with Crippen molar-refractivity contribution in [1.29, 1.82) is 0 Å². The highest BCUT2D eigenvalue weighted by molar-refractivity contribution is 7.89. The van der Waals surface area contributed by atoms with Crippen molar-refractivity contribution in [2.45, 2.75) is 18.7 Å². The van der Waals surface area contributed by atoms with Crippen molar-refractivity contribution in [1.82, 2.24) is 10.0 Å². The Balaban J connectivity index is 1.42. The fourth-order valence-corrected chi connectivity index (χ4v) is 3.90. The number of aryl methyl sites for hydroxylation is 1. The van der Waals surface area contributed by atoms with Crippen LogP contribution in [0.25, 0.3) is 0 Å². The van der Waals surface area contributed by atoms with Crippen molar-refractivity contribution < 1.29 is 27.5 Å². The van der Waals surface area contributed by atoms with Crippen molar-refractivity contribution in [2.24, 2.45) is 0 Å². The molecule has 35 heavy (non-hydrogen) atoms. The molecule has 0 saturated carbocycles. The van der Waals surface area contributed by atoms with Crippen LogP contribution in [0.5, 0.6) is 17.2 Å². The standard InChI is InChI=1S/C25H27N3O6S/c1-3-33-20-10-12-22(13-11-20)34-21-8-6-19(7-9-21)28-25(30)16-26-24(29)17-27-35(31,32)23-14-4-18(2)5-15-23/h4-15,27H,3,16-17H2,1-2H3,(H,26,29)(H,28,30). The molecule has 0 aliphatic heterocycles. The van der Waals surface area contributed by atoms with Crippen LogP contribution in [0.1, 0.15) is 12.5 Å². The Bertz CT molecular complexity index is 1240.